The van der Waals surface area contributed by atoms with E-state index in [1.165, 1.54) is 12.1 Å². The van der Waals surface area contributed by atoms with E-state index in [2.05, 4.69) is 30.1 Å². The molecule has 0 saturated carbocycles. The summed E-state index contributed by atoms with van der Waals surface area (Å²) in [6, 6.07) is 0. The van der Waals surface area contributed by atoms with Crippen LogP contribution < -0.4 is 11.1 Å². The highest BCUT2D eigenvalue weighted by Gasteiger charge is 2.20. The molecule has 4 N–H and O–H groups in total. The molecule has 1 atom stereocenters. The topological polar surface area (TPSA) is 65.1 Å². The lowest BCUT2D eigenvalue weighted by molar-refractivity contribution is 0.212. The first-order valence-electron chi connectivity index (χ1n) is 6.95. The molecule has 0 aliphatic carbocycles. The van der Waals surface area contributed by atoms with E-state index < -0.39 is 0 Å². The van der Waals surface area contributed by atoms with Crippen molar-refractivity contribution in [1.82, 2.24) is 10.2 Å². The number of hydrogen-bond donors (Lipinski definition) is 3. The van der Waals surface area contributed by atoms with Crippen LogP contribution in [0.15, 0.2) is 35.9 Å². The van der Waals surface area contributed by atoms with Crippen LogP contribution in [0.2, 0.25) is 0 Å². The van der Waals surface area contributed by atoms with Crippen LogP contribution in [0.25, 0.3) is 0 Å². The number of rotatable bonds is 7. The third-order valence-corrected chi connectivity index (χ3v) is 3.40. The number of likely N-dealkylation sites (tertiary alicyclic amines) is 1. The van der Waals surface area contributed by atoms with Crippen LogP contribution in [-0.2, 0) is 0 Å². The number of nitrogens with one attached hydrogen (secondary N) is 2. The highest BCUT2D eigenvalue weighted by atomic mass is 15.2. The smallest absolute Gasteiger partial charge is 0.0554 e. The van der Waals surface area contributed by atoms with E-state index in [9.17, 15) is 0 Å². The molecule has 0 bridgehead atoms. The predicted octanol–water partition coefficient (Wildman–Crippen LogP) is 2.57. The molecule has 0 radical (unpaired) electrons. The zero-order chi connectivity index (χ0) is 14.3. The molecule has 0 aromatic rings. The Bertz CT molecular complexity index is 382. The van der Waals surface area contributed by atoms with Crippen LogP contribution >= 0.6 is 0 Å². The molecule has 1 aliphatic heterocycles. The number of nitrogens with zero attached hydrogens (tertiary/aromatic N) is 1. The zero-order valence-corrected chi connectivity index (χ0v) is 12.2. The molecule has 106 valence electrons. The zero-order valence-electron chi connectivity index (χ0n) is 12.2. The average Bonchev–Trinajstić information content (AvgIpc) is 2.32. The summed E-state index contributed by atoms with van der Waals surface area (Å²) in [5, 5.41) is 10.5. The maximum absolute atomic E-state index is 7.34. The van der Waals surface area contributed by atoms with Crippen molar-refractivity contribution in [3.05, 3.63) is 35.9 Å². The van der Waals surface area contributed by atoms with Gasteiger partial charge in [-0.15, -0.1) is 0 Å². The molecule has 1 saturated heterocycles. The molecular formula is C15H26N4. The summed E-state index contributed by atoms with van der Waals surface area (Å²) >= 11 is 0. The minimum absolute atomic E-state index is 0.512. The molecule has 0 spiro atoms. The molecule has 1 aliphatic rings. The summed E-state index contributed by atoms with van der Waals surface area (Å²) in [6.45, 7) is 8.48. The summed E-state index contributed by atoms with van der Waals surface area (Å²) in [4.78, 5) is 2.41. The second-order valence-electron chi connectivity index (χ2n) is 5.00. The van der Waals surface area contributed by atoms with Gasteiger partial charge in [0.2, 0.25) is 0 Å². The molecule has 0 aromatic heterocycles. The van der Waals surface area contributed by atoms with Crippen molar-refractivity contribution >= 4 is 5.71 Å². The normalized spacial score (nSPS) is 18.4. The maximum atomic E-state index is 7.34. The van der Waals surface area contributed by atoms with Gasteiger partial charge < -0.3 is 21.4 Å². The Morgan fingerprint density at radius 2 is 2.16 bits per heavy atom. The Morgan fingerprint density at radius 1 is 1.47 bits per heavy atom. The second-order valence-corrected chi connectivity index (χ2v) is 5.00. The van der Waals surface area contributed by atoms with Crippen molar-refractivity contribution in [1.29, 1.82) is 5.41 Å². The van der Waals surface area contributed by atoms with Crippen molar-refractivity contribution in [2.45, 2.75) is 33.6 Å². The first-order valence-corrected chi connectivity index (χ1v) is 6.95. The van der Waals surface area contributed by atoms with Gasteiger partial charge in [0.1, 0.15) is 0 Å². The van der Waals surface area contributed by atoms with Gasteiger partial charge in [-0.1, -0.05) is 13.8 Å². The molecular weight excluding hydrogens is 236 g/mol. The quantitative estimate of drug-likeness (QED) is 0.488. The first kappa shape index (κ1) is 15.3. The van der Waals surface area contributed by atoms with Gasteiger partial charge in [-0.3, -0.25) is 0 Å². The Labute approximate surface area is 116 Å². The lowest BCUT2D eigenvalue weighted by Gasteiger charge is -2.38. The van der Waals surface area contributed by atoms with E-state index >= 15 is 0 Å². The van der Waals surface area contributed by atoms with Crippen LogP contribution in [0.3, 0.4) is 0 Å². The number of nitrogens with two attached hydrogens (primary N) is 1. The maximum Gasteiger partial charge on any atom is 0.0554 e. The molecule has 4 nitrogen and oxygen atoms in total. The standard InChI is InChI=1S/C15H26N4/c1-4-12(2)15(19-8-5-9-19)10-14(11-16)18-7-6-13(3)17/h6-7,10-12,17-18H,4-5,8-9,16H2,1-3H3/b7-6-,14-11+,15-10+,17-13?/t12-/m1/s1. The molecule has 19 heavy (non-hydrogen) atoms. The molecule has 1 rings (SSSR count). The van der Waals surface area contributed by atoms with E-state index in [0.29, 0.717) is 11.6 Å². The summed E-state index contributed by atoms with van der Waals surface area (Å²) in [5.74, 6) is 0.533. The van der Waals surface area contributed by atoms with Crippen molar-refractivity contribution < 1.29 is 0 Å². The van der Waals surface area contributed by atoms with E-state index in [1.807, 2.05) is 0 Å². The highest BCUT2D eigenvalue weighted by molar-refractivity contribution is 5.89. The van der Waals surface area contributed by atoms with Crippen molar-refractivity contribution in [2.75, 3.05) is 13.1 Å². The molecule has 0 unspecified atom stereocenters. The van der Waals surface area contributed by atoms with Gasteiger partial charge in [0.05, 0.1) is 5.70 Å². The fourth-order valence-electron chi connectivity index (χ4n) is 1.89. The summed E-state index contributed by atoms with van der Waals surface area (Å²) in [7, 11) is 0. The van der Waals surface area contributed by atoms with Gasteiger partial charge in [-0.05, 0) is 37.8 Å². The van der Waals surface area contributed by atoms with Crippen LogP contribution in [0.1, 0.15) is 33.6 Å². The molecule has 1 heterocycles. The Balaban J connectivity index is 2.76. The molecule has 4 heteroatoms. The van der Waals surface area contributed by atoms with Gasteiger partial charge in [0, 0.05) is 36.9 Å². The third kappa shape index (κ3) is 4.81. The van der Waals surface area contributed by atoms with E-state index in [0.717, 1.165) is 25.2 Å². The monoisotopic (exact) mass is 262 g/mol. The Kier molecular flexibility index (Phi) is 6.19. The van der Waals surface area contributed by atoms with Crippen LogP contribution in [0.5, 0.6) is 0 Å². The lowest BCUT2D eigenvalue weighted by atomic mass is 9.99. The Hall–Kier alpha value is -1.71. The van der Waals surface area contributed by atoms with E-state index in [1.54, 1.807) is 25.4 Å². The van der Waals surface area contributed by atoms with E-state index in [4.69, 9.17) is 11.1 Å². The summed E-state index contributed by atoms with van der Waals surface area (Å²) < 4.78 is 0. The predicted molar refractivity (Wildman–Crippen MR) is 81.7 cm³/mol. The summed E-state index contributed by atoms with van der Waals surface area (Å²) in [6.07, 6.45) is 9.56. The first-order chi connectivity index (χ1) is 9.08. The minimum Gasteiger partial charge on any atom is -0.403 e. The average molecular weight is 262 g/mol. The largest absolute Gasteiger partial charge is 0.403 e. The van der Waals surface area contributed by atoms with Gasteiger partial charge in [0.25, 0.3) is 0 Å². The van der Waals surface area contributed by atoms with Gasteiger partial charge in [-0.25, -0.2) is 0 Å². The molecule has 0 amide bonds. The highest BCUT2D eigenvalue weighted by Crippen LogP contribution is 2.24. The second kappa shape index (κ2) is 7.67. The lowest BCUT2D eigenvalue weighted by Crippen LogP contribution is -2.38. The van der Waals surface area contributed by atoms with E-state index in [-0.39, 0.29) is 0 Å². The van der Waals surface area contributed by atoms with Crippen molar-refractivity contribution in [3.8, 4) is 0 Å². The van der Waals surface area contributed by atoms with Crippen molar-refractivity contribution in [2.24, 2.45) is 11.7 Å². The fourth-order valence-corrected chi connectivity index (χ4v) is 1.89. The fraction of sp³-hybridized carbons (Fsp3) is 0.533. The van der Waals surface area contributed by atoms with Crippen LogP contribution in [-0.4, -0.2) is 23.7 Å². The number of hydrogen-bond acceptors (Lipinski definition) is 4. The van der Waals surface area contributed by atoms with Gasteiger partial charge in [0.15, 0.2) is 0 Å². The third-order valence-electron chi connectivity index (χ3n) is 3.40. The Morgan fingerprint density at radius 3 is 2.58 bits per heavy atom. The molecule has 0 aromatic carbocycles. The van der Waals surface area contributed by atoms with Crippen LogP contribution in [0, 0.1) is 11.3 Å². The van der Waals surface area contributed by atoms with Gasteiger partial charge >= 0.3 is 0 Å². The molecule has 1 fully saturated rings. The minimum atomic E-state index is 0.512. The SMILES string of the molecule is CC[C@@H](C)/C(=C\C(=C/N)N/C=C\C(C)=N)N1CCC1. The van der Waals surface area contributed by atoms with Crippen LogP contribution in [0.4, 0.5) is 0 Å². The summed E-state index contributed by atoms with van der Waals surface area (Å²) in [5.41, 5.74) is 8.40. The number of allylic oxidation sites excluding steroid dienone is 3. The van der Waals surface area contributed by atoms with Crippen molar-refractivity contribution in [3.63, 3.8) is 0 Å². The van der Waals surface area contributed by atoms with Gasteiger partial charge in [-0.2, -0.15) is 0 Å².